The molecule has 0 radical (unpaired) electrons. The van der Waals surface area contributed by atoms with Crippen LogP contribution in [-0.2, 0) is 17.9 Å². The number of nitrogens with one attached hydrogen (secondary N) is 2. The summed E-state index contributed by atoms with van der Waals surface area (Å²) in [5.74, 6) is 1.29. The van der Waals surface area contributed by atoms with Crippen molar-refractivity contribution < 1.29 is 4.74 Å². The molecule has 2 aromatic rings. The first-order chi connectivity index (χ1) is 12.1. The van der Waals surface area contributed by atoms with Crippen LogP contribution in [0.25, 0.3) is 0 Å². The van der Waals surface area contributed by atoms with Crippen LogP contribution in [0.4, 0.5) is 0 Å². The molecule has 1 aromatic carbocycles. The van der Waals surface area contributed by atoms with Crippen LogP contribution in [0.2, 0.25) is 0 Å². The zero-order chi connectivity index (χ0) is 18.1. The lowest BCUT2D eigenvalue weighted by Gasteiger charge is -2.15. The molecule has 1 unspecified atom stereocenters. The third-order valence-electron chi connectivity index (χ3n) is 3.86. The quantitative estimate of drug-likeness (QED) is 0.321. The molecule has 0 bridgehead atoms. The van der Waals surface area contributed by atoms with Gasteiger partial charge in [0.2, 0.25) is 0 Å². The monoisotopic (exact) mass is 487 g/mol. The van der Waals surface area contributed by atoms with Gasteiger partial charge in [0.25, 0.3) is 0 Å². The SMILES string of the molecule is CN=C(NCc1cccc(COC(C)C)c1)NCC(C)c1cccs1.I. The van der Waals surface area contributed by atoms with Crippen LogP contribution < -0.4 is 10.6 Å². The molecule has 0 amide bonds. The van der Waals surface area contributed by atoms with Crippen molar-refractivity contribution in [1.82, 2.24) is 10.6 Å². The average Bonchev–Trinajstić information content (AvgIpc) is 3.15. The van der Waals surface area contributed by atoms with E-state index in [1.807, 2.05) is 0 Å². The van der Waals surface area contributed by atoms with E-state index in [9.17, 15) is 0 Å². The zero-order valence-corrected chi connectivity index (χ0v) is 19.1. The fourth-order valence-electron chi connectivity index (χ4n) is 2.42. The number of thiophene rings is 1. The smallest absolute Gasteiger partial charge is 0.191 e. The van der Waals surface area contributed by atoms with Crippen LogP contribution in [-0.4, -0.2) is 25.7 Å². The molecular weight excluding hydrogens is 457 g/mol. The summed E-state index contributed by atoms with van der Waals surface area (Å²) in [6, 6.07) is 12.7. The van der Waals surface area contributed by atoms with E-state index < -0.39 is 0 Å². The summed E-state index contributed by atoms with van der Waals surface area (Å²) in [5, 5.41) is 8.90. The van der Waals surface area contributed by atoms with Crippen molar-refractivity contribution in [3.05, 3.63) is 57.8 Å². The van der Waals surface area contributed by atoms with E-state index in [-0.39, 0.29) is 30.1 Å². The average molecular weight is 487 g/mol. The largest absolute Gasteiger partial charge is 0.374 e. The van der Waals surface area contributed by atoms with E-state index in [1.165, 1.54) is 16.0 Å². The van der Waals surface area contributed by atoms with Crippen LogP contribution in [0.5, 0.6) is 0 Å². The predicted molar refractivity (Wildman–Crippen MR) is 123 cm³/mol. The molecule has 0 saturated carbocycles. The number of aliphatic imine (C=N–C) groups is 1. The van der Waals surface area contributed by atoms with Gasteiger partial charge in [0.15, 0.2) is 5.96 Å². The molecule has 2 N–H and O–H groups in total. The van der Waals surface area contributed by atoms with Crippen molar-refractivity contribution in [3.8, 4) is 0 Å². The first kappa shape index (κ1) is 22.9. The van der Waals surface area contributed by atoms with Gasteiger partial charge in [-0.2, -0.15) is 0 Å². The number of nitrogens with zero attached hydrogens (tertiary/aromatic N) is 1. The Morgan fingerprint density at radius 2 is 1.88 bits per heavy atom. The second-order valence-electron chi connectivity index (χ2n) is 6.40. The number of ether oxygens (including phenoxy) is 1. The molecule has 0 aliphatic rings. The summed E-state index contributed by atoms with van der Waals surface area (Å²) in [5.41, 5.74) is 2.42. The number of hydrogen-bond donors (Lipinski definition) is 2. The van der Waals surface area contributed by atoms with Gasteiger partial charge in [-0.1, -0.05) is 37.3 Å². The molecule has 2 rings (SSSR count). The van der Waals surface area contributed by atoms with E-state index in [1.54, 1.807) is 18.4 Å². The molecule has 144 valence electrons. The first-order valence-electron chi connectivity index (χ1n) is 8.75. The van der Waals surface area contributed by atoms with Crippen molar-refractivity contribution in [2.45, 2.75) is 45.9 Å². The normalized spacial score (nSPS) is 12.6. The van der Waals surface area contributed by atoms with Gasteiger partial charge in [0, 0.05) is 30.9 Å². The standard InChI is InChI=1S/C20H29N3OS.HI/c1-15(2)24-14-18-8-5-7-17(11-18)13-23-20(21-4)22-12-16(3)19-9-6-10-25-19;/h5-11,15-16H,12-14H2,1-4H3,(H2,21,22,23);1H. The topological polar surface area (TPSA) is 45.7 Å². The highest BCUT2D eigenvalue weighted by Crippen LogP contribution is 2.19. The second kappa shape index (κ2) is 12.3. The maximum absolute atomic E-state index is 5.67. The van der Waals surface area contributed by atoms with E-state index in [2.05, 4.69) is 78.2 Å². The summed E-state index contributed by atoms with van der Waals surface area (Å²) >= 11 is 1.80. The highest BCUT2D eigenvalue weighted by Gasteiger charge is 2.07. The summed E-state index contributed by atoms with van der Waals surface area (Å²) < 4.78 is 5.67. The molecule has 6 heteroatoms. The molecule has 0 aliphatic carbocycles. The minimum Gasteiger partial charge on any atom is -0.374 e. The van der Waals surface area contributed by atoms with Crippen molar-refractivity contribution in [2.75, 3.05) is 13.6 Å². The maximum atomic E-state index is 5.67. The predicted octanol–water partition coefficient (Wildman–Crippen LogP) is 4.76. The zero-order valence-electron chi connectivity index (χ0n) is 16.0. The van der Waals surface area contributed by atoms with Crippen molar-refractivity contribution in [3.63, 3.8) is 0 Å². The van der Waals surface area contributed by atoms with E-state index in [0.29, 0.717) is 12.5 Å². The summed E-state index contributed by atoms with van der Waals surface area (Å²) in [4.78, 5) is 5.70. The van der Waals surface area contributed by atoms with E-state index >= 15 is 0 Å². The number of halogens is 1. The summed E-state index contributed by atoms with van der Waals surface area (Å²) in [7, 11) is 1.80. The molecule has 1 atom stereocenters. The van der Waals surface area contributed by atoms with E-state index in [4.69, 9.17) is 4.74 Å². The minimum atomic E-state index is 0. The molecule has 1 heterocycles. The fraction of sp³-hybridized carbons (Fsp3) is 0.450. The summed E-state index contributed by atoms with van der Waals surface area (Å²) in [6.45, 7) is 8.59. The molecule has 0 spiro atoms. The highest BCUT2D eigenvalue weighted by molar-refractivity contribution is 14.0. The van der Waals surface area contributed by atoms with Crippen molar-refractivity contribution in [2.24, 2.45) is 4.99 Å². The fourth-order valence-corrected chi connectivity index (χ4v) is 3.21. The molecule has 0 aliphatic heterocycles. The van der Waals surface area contributed by atoms with Gasteiger partial charge >= 0.3 is 0 Å². The van der Waals surface area contributed by atoms with E-state index in [0.717, 1.165) is 19.0 Å². The molecule has 4 nitrogen and oxygen atoms in total. The lowest BCUT2D eigenvalue weighted by atomic mass is 10.1. The third kappa shape index (κ3) is 8.05. The molecule has 0 fully saturated rings. The van der Waals surface area contributed by atoms with Crippen molar-refractivity contribution in [1.29, 1.82) is 0 Å². The second-order valence-corrected chi connectivity index (χ2v) is 7.38. The van der Waals surface area contributed by atoms with Crippen molar-refractivity contribution >= 4 is 41.3 Å². The Labute approximate surface area is 178 Å². The van der Waals surface area contributed by atoms with Crippen LogP contribution in [0.3, 0.4) is 0 Å². The summed E-state index contributed by atoms with van der Waals surface area (Å²) in [6.07, 6.45) is 0.246. The Bertz CT molecular complexity index is 659. The Morgan fingerprint density at radius 1 is 1.12 bits per heavy atom. The van der Waals surface area contributed by atoms with Crippen LogP contribution >= 0.6 is 35.3 Å². The van der Waals surface area contributed by atoms with Gasteiger partial charge in [-0.05, 0) is 36.4 Å². The number of benzene rings is 1. The van der Waals surface area contributed by atoms with Crippen LogP contribution in [0, 0.1) is 0 Å². The Balaban J connectivity index is 0.00000338. The van der Waals surface area contributed by atoms with Crippen LogP contribution in [0.15, 0.2) is 46.8 Å². The van der Waals surface area contributed by atoms with Gasteiger partial charge in [-0.25, -0.2) is 0 Å². The Kier molecular flexibility index (Phi) is 10.8. The number of guanidine groups is 1. The lowest BCUT2D eigenvalue weighted by Crippen LogP contribution is -2.38. The third-order valence-corrected chi connectivity index (χ3v) is 4.97. The van der Waals surface area contributed by atoms with Gasteiger partial charge < -0.3 is 15.4 Å². The maximum Gasteiger partial charge on any atom is 0.191 e. The lowest BCUT2D eigenvalue weighted by molar-refractivity contribution is 0.0657. The molecular formula is C20H30IN3OS. The highest BCUT2D eigenvalue weighted by atomic mass is 127. The minimum absolute atomic E-state index is 0. The van der Waals surface area contributed by atoms with Gasteiger partial charge in [0.1, 0.15) is 0 Å². The number of rotatable bonds is 8. The van der Waals surface area contributed by atoms with Gasteiger partial charge in [-0.15, -0.1) is 35.3 Å². The molecule has 26 heavy (non-hydrogen) atoms. The Hall–Kier alpha value is -1.12. The van der Waals surface area contributed by atoms with Gasteiger partial charge in [-0.3, -0.25) is 4.99 Å². The Morgan fingerprint density at radius 3 is 2.54 bits per heavy atom. The molecule has 1 aromatic heterocycles. The van der Waals surface area contributed by atoms with Gasteiger partial charge in [0.05, 0.1) is 12.7 Å². The van der Waals surface area contributed by atoms with Crippen LogP contribution in [0.1, 0.15) is 42.7 Å². The molecule has 0 saturated heterocycles. The first-order valence-corrected chi connectivity index (χ1v) is 9.63. The number of hydrogen-bond acceptors (Lipinski definition) is 3.